The van der Waals surface area contributed by atoms with Gasteiger partial charge in [0.05, 0.1) is 13.2 Å². The number of methoxy groups -OCH3 is 1. The fourth-order valence-electron chi connectivity index (χ4n) is 3.23. The fourth-order valence-corrected chi connectivity index (χ4v) is 3.48. The Morgan fingerprint density at radius 2 is 2.19 bits per heavy atom. The minimum absolute atomic E-state index is 0.139. The summed E-state index contributed by atoms with van der Waals surface area (Å²) in [4.78, 5) is 11.7. The van der Waals surface area contributed by atoms with Gasteiger partial charge in [-0.1, -0.05) is 32.0 Å². The SMILES string of the molecule is COc1ccccc1C1(CC(=O)Cl)CCOC(C(C)C)C1. The van der Waals surface area contributed by atoms with E-state index in [1.165, 1.54) is 0 Å². The number of benzene rings is 1. The van der Waals surface area contributed by atoms with Crippen molar-refractivity contribution in [2.45, 2.75) is 44.6 Å². The molecule has 0 aliphatic carbocycles. The molecule has 1 aromatic rings. The van der Waals surface area contributed by atoms with E-state index in [1.807, 2.05) is 24.3 Å². The summed E-state index contributed by atoms with van der Waals surface area (Å²) in [5.74, 6) is 1.23. The van der Waals surface area contributed by atoms with Crippen LogP contribution in [-0.2, 0) is 14.9 Å². The third-order valence-electron chi connectivity index (χ3n) is 4.40. The van der Waals surface area contributed by atoms with Crippen molar-refractivity contribution in [2.24, 2.45) is 5.92 Å². The number of halogens is 1. The van der Waals surface area contributed by atoms with Crippen LogP contribution in [-0.4, -0.2) is 25.1 Å². The quantitative estimate of drug-likeness (QED) is 0.773. The molecule has 0 saturated carbocycles. The molecule has 0 spiro atoms. The van der Waals surface area contributed by atoms with Crippen molar-refractivity contribution in [2.75, 3.05) is 13.7 Å². The van der Waals surface area contributed by atoms with Crippen LogP contribution in [0.4, 0.5) is 0 Å². The lowest BCUT2D eigenvalue weighted by Crippen LogP contribution is -2.42. The van der Waals surface area contributed by atoms with Gasteiger partial charge in [0.1, 0.15) is 5.75 Å². The van der Waals surface area contributed by atoms with Crippen molar-refractivity contribution >= 4 is 16.8 Å². The highest BCUT2D eigenvalue weighted by Gasteiger charge is 2.42. The van der Waals surface area contributed by atoms with Gasteiger partial charge >= 0.3 is 0 Å². The average Bonchev–Trinajstić information content (AvgIpc) is 2.46. The summed E-state index contributed by atoms with van der Waals surface area (Å²) >= 11 is 5.75. The molecular formula is C17H23ClO3. The molecule has 0 N–H and O–H groups in total. The molecule has 1 heterocycles. The van der Waals surface area contributed by atoms with Crippen LogP contribution in [0.15, 0.2) is 24.3 Å². The van der Waals surface area contributed by atoms with E-state index in [0.717, 1.165) is 24.2 Å². The van der Waals surface area contributed by atoms with E-state index in [0.29, 0.717) is 18.9 Å². The van der Waals surface area contributed by atoms with Crippen LogP contribution in [0, 0.1) is 5.92 Å². The summed E-state index contributed by atoms with van der Waals surface area (Å²) < 4.78 is 11.4. The van der Waals surface area contributed by atoms with Crippen molar-refractivity contribution in [3.8, 4) is 5.75 Å². The van der Waals surface area contributed by atoms with Gasteiger partial charge < -0.3 is 9.47 Å². The molecule has 1 aliphatic rings. The van der Waals surface area contributed by atoms with E-state index in [2.05, 4.69) is 13.8 Å². The average molecular weight is 311 g/mol. The Morgan fingerprint density at radius 1 is 1.48 bits per heavy atom. The van der Waals surface area contributed by atoms with E-state index in [4.69, 9.17) is 21.1 Å². The van der Waals surface area contributed by atoms with Gasteiger partial charge in [-0.15, -0.1) is 0 Å². The molecule has 2 atom stereocenters. The summed E-state index contributed by atoms with van der Waals surface area (Å²) in [6, 6.07) is 7.91. The number of carbonyl (C=O) groups excluding carboxylic acids is 1. The lowest BCUT2D eigenvalue weighted by atomic mass is 9.68. The number of ether oxygens (including phenoxy) is 2. The van der Waals surface area contributed by atoms with Crippen molar-refractivity contribution in [1.29, 1.82) is 0 Å². The lowest BCUT2D eigenvalue weighted by molar-refractivity contribution is -0.115. The molecule has 4 heteroatoms. The molecule has 0 bridgehead atoms. The van der Waals surface area contributed by atoms with Gasteiger partial charge in [-0.05, 0) is 36.4 Å². The Kier molecular flexibility index (Phi) is 5.28. The predicted molar refractivity (Wildman–Crippen MR) is 84.0 cm³/mol. The predicted octanol–water partition coefficient (Wildman–Crippen LogP) is 3.92. The van der Waals surface area contributed by atoms with E-state index in [-0.39, 0.29) is 16.8 Å². The van der Waals surface area contributed by atoms with Crippen molar-refractivity contribution < 1.29 is 14.3 Å². The Balaban J connectivity index is 2.43. The Labute approximate surface area is 131 Å². The van der Waals surface area contributed by atoms with Crippen LogP contribution in [0.3, 0.4) is 0 Å². The van der Waals surface area contributed by atoms with Gasteiger partial charge in [-0.3, -0.25) is 4.79 Å². The normalized spacial score (nSPS) is 25.9. The smallest absolute Gasteiger partial charge is 0.222 e. The maximum Gasteiger partial charge on any atom is 0.222 e. The van der Waals surface area contributed by atoms with Crippen LogP contribution in [0.2, 0.25) is 0 Å². The molecular weight excluding hydrogens is 288 g/mol. The first-order chi connectivity index (χ1) is 9.98. The zero-order chi connectivity index (χ0) is 15.5. The van der Waals surface area contributed by atoms with Gasteiger partial charge in [0, 0.05) is 24.0 Å². The summed E-state index contributed by atoms with van der Waals surface area (Å²) in [5, 5.41) is -0.301. The van der Waals surface area contributed by atoms with Crippen LogP contribution < -0.4 is 4.74 Å². The molecule has 1 aliphatic heterocycles. The molecule has 2 unspecified atom stereocenters. The molecule has 1 saturated heterocycles. The van der Waals surface area contributed by atoms with E-state index in [1.54, 1.807) is 7.11 Å². The summed E-state index contributed by atoms with van der Waals surface area (Å²) in [5.41, 5.74) is 0.772. The Hall–Kier alpha value is -1.06. The molecule has 0 amide bonds. The Bertz CT molecular complexity index is 501. The second kappa shape index (κ2) is 6.80. The summed E-state index contributed by atoms with van der Waals surface area (Å²) in [6.45, 7) is 4.93. The molecule has 1 aromatic carbocycles. The lowest BCUT2D eigenvalue weighted by Gasteiger charge is -2.42. The van der Waals surface area contributed by atoms with Crippen LogP contribution in [0.1, 0.15) is 38.7 Å². The maximum atomic E-state index is 11.7. The minimum Gasteiger partial charge on any atom is -0.496 e. The highest BCUT2D eigenvalue weighted by Crippen LogP contribution is 2.45. The van der Waals surface area contributed by atoms with Crippen molar-refractivity contribution in [1.82, 2.24) is 0 Å². The van der Waals surface area contributed by atoms with Gasteiger partial charge in [0.2, 0.25) is 5.24 Å². The topological polar surface area (TPSA) is 35.5 Å². The first-order valence-electron chi connectivity index (χ1n) is 7.42. The summed E-state index contributed by atoms with van der Waals surface area (Å²) in [7, 11) is 1.66. The number of hydrogen-bond acceptors (Lipinski definition) is 3. The second-order valence-corrected chi connectivity index (χ2v) is 6.54. The fraction of sp³-hybridized carbons (Fsp3) is 0.588. The van der Waals surface area contributed by atoms with Gasteiger partial charge in [-0.25, -0.2) is 0 Å². The first-order valence-corrected chi connectivity index (χ1v) is 7.80. The first kappa shape index (κ1) is 16.3. The van der Waals surface area contributed by atoms with Crippen LogP contribution >= 0.6 is 11.6 Å². The van der Waals surface area contributed by atoms with E-state index >= 15 is 0 Å². The highest BCUT2D eigenvalue weighted by atomic mass is 35.5. The van der Waals surface area contributed by atoms with E-state index in [9.17, 15) is 4.79 Å². The number of rotatable bonds is 5. The zero-order valence-corrected chi connectivity index (χ0v) is 13.7. The number of carbonyl (C=O) groups is 1. The van der Waals surface area contributed by atoms with Crippen molar-refractivity contribution in [3.63, 3.8) is 0 Å². The number of hydrogen-bond donors (Lipinski definition) is 0. The van der Waals surface area contributed by atoms with Crippen LogP contribution in [0.5, 0.6) is 5.75 Å². The third-order valence-corrected chi connectivity index (χ3v) is 4.54. The third kappa shape index (κ3) is 3.58. The zero-order valence-electron chi connectivity index (χ0n) is 12.9. The standard InChI is InChI=1S/C17H23ClO3/c1-12(2)15-10-17(8-9-21-15,11-16(18)19)13-6-4-5-7-14(13)20-3/h4-7,12,15H,8-11H2,1-3H3. The molecule has 21 heavy (non-hydrogen) atoms. The largest absolute Gasteiger partial charge is 0.496 e. The minimum atomic E-state index is -0.301. The molecule has 0 radical (unpaired) electrons. The molecule has 2 rings (SSSR count). The molecule has 1 fully saturated rings. The molecule has 0 aromatic heterocycles. The van der Waals surface area contributed by atoms with Crippen molar-refractivity contribution in [3.05, 3.63) is 29.8 Å². The van der Waals surface area contributed by atoms with Gasteiger partial charge in [0.25, 0.3) is 0 Å². The molecule has 116 valence electrons. The van der Waals surface area contributed by atoms with Crippen LogP contribution in [0.25, 0.3) is 0 Å². The monoisotopic (exact) mass is 310 g/mol. The van der Waals surface area contributed by atoms with Gasteiger partial charge in [0.15, 0.2) is 0 Å². The molecule has 3 nitrogen and oxygen atoms in total. The highest BCUT2D eigenvalue weighted by molar-refractivity contribution is 6.63. The Morgan fingerprint density at radius 3 is 2.81 bits per heavy atom. The van der Waals surface area contributed by atoms with Gasteiger partial charge in [-0.2, -0.15) is 0 Å². The van der Waals surface area contributed by atoms with E-state index < -0.39 is 0 Å². The number of para-hydroxylation sites is 1. The summed E-state index contributed by atoms with van der Waals surface area (Å²) in [6.07, 6.45) is 2.04. The maximum absolute atomic E-state index is 11.7. The second-order valence-electron chi connectivity index (χ2n) is 6.12.